The first-order valence-electron chi connectivity index (χ1n) is 10.9. The maximum absolute atomic E-state index is 6.33. The van der Waals surface area contributed by atoms with Crippen molar-refractivity contribution in [2.75, 3.05) is 17.3 Å². The standard InChI is InChI=1S/C27H18Cl2N4O2/c28-16-9-11-22(20(13-16)26-18-5-1-3-7-24(18)34-32-26)30-15-31-23-12-10-17(29)14-21(23)27-19-6-2-4-8-25(19)35-33-27/h1-14,30-31H,15H2. The molecule has 0 fully saturated rings. The highest BCUT2D eigenvalue weighted by Gasteiger charge is 2.16. The van der Waals surface area contributed by atoms with Crippen LogP contribution in [0, 0.1) is 0 Å². The minimum Gasteiger partial charge on any atom is -0.367 e. The fraction of sp³-hybridized carbons (Fsp3) is 0.0370. The summed E-state index contributed by atoms with van der Waals surface area (Å²) in [5.74, 6) is 0. The molecule has 0 aliphatic heterocycles. The Morgan fingerprint density at radius 1 is 0.600 bits per heavy atom. The fourth-order valence-corrected chi connectivity index (χ4v) is 4.47. The van der Waals surface area contributed by atoms with E-state index in [-0.39, 0.29) is 0 Å². The van der Waals surface area contributed by atoms with Crippen LogP contribution in [0.2, 0.25) is 10.0 Å². The number of hydrogen-bond acceptors (Lipinski definition) is 6. The predicted octanol–water partition coefficient (Wildman–Crippen LogP) is 8.09. The molecule has 8 heteroatoms. The van der Waals surface area contributed by atoms with Gasteiger partial charge in [-0.2, -0.15) is 0 Å². The van der Waals surface area contributed by atoms with E-state index in [9.17, 15) is 0 Å². The number of anilines is 2. The summed E-state index contributed by atoms with van der Waals surface area (Å²) in [6, 6.07) is 26.8. The van der Waals surface area contributed by atoms with Gasteiger partial charge in [-0.1, -0.05) is 57.8 Å². The highest BCUT2D eigenvalue weighted by atomic mass is 35.5. The van der Waals surface area contributed by atoms with E-state index in [1.807, 2.05) is 84.9 Å². The Kier molecular flexibility index (Phi) is 5.52. The molecule has 0 spiro atoms. The normalized spacial score (nSPS) is 11.3. The number of rotatable bonds is 6. The van der Waals surface area contributed by atoms with Crippen molar-refractivity contribution in [3.63, 3.8) is 0 Å². The van der Waals surface area contributed by atoms with Gasteiger partial charge in [-0.05, 0) is 60.7 Å². The van der Waals surface area contributed by atoms with Crippen molar-refractivity contribution in [3.8, 4) is 22.5 Å². The summed E-state index contributed by atoms with van der Waals surface area (Å²) in [5.41, 5.74) is 6.32. The lowest BCUT2D eigenvalue weighted by atomic mass is 10.1. The van der Waals surface area contributed by atoms with E-state index >= 15 is 0 Å². The maximum Gasteiger partial charge on any atom is 0.167 e. The molecule has 2 aromatic heterocycles. The molecule has 4 aromatic carbocycles. The highest BCUT2D eigenvalue weighted by molar-refractivity contribution is 6.31. The molecule has 2 N–H and O–H groups in total. The molecule has 0 saturated heterocycles. The SMILES string of the molecule is Clc1ccc(NCNc2ccc(Cl)cc2-c2noc3ccccc23)c(-c2noc3ccccc23)c1. The lowest BCUT2D eigenvalue weighted by Crippen LogP contribution is -2.13. The summed E-state index contributed by atoms with van der Waals surface area (Å²) in [6.45, 7) is 0.425. The number of halogens is 2. The lowest BCUT2D eigenvalue weighted by Gasteiger charge is -2.15. The quantitative estimate of drug-likeness (QED) is 0.225. The molecule has 2 heterocycles. The van der Waals surface area contributed by atoms with Gasteiger partial charge in [-0.25, -0.2) is 0 Å². The second-order valence-corrected chi connectivity index (χ2v) is 8.84. The molecule has 0 saturated carbocycles. The number of nitrogens with one attached hydrogen (secondary N) is 2. The molecular weight excluding hydrogens is 483 g/mol. The van der Waals surface area contributed by atoms with Crippen LogP contribution in [0.25, 0.3) is 44.5 Å². The van der Waals surface area contributed by atoms with Crippen LogP contribution in [0.5, 0.6) is 0 Å². The second-order valence-electron chi connectivity index (χ2n) is 7.96. The zero-order chi connectivity index (χ0) is 23.8. The van der Waals surface area contributed by atoms with Gasteiger partial charge < -0.3 is 19.7 Å². The lowest BCUT2D eigenvalue weighted by molar-refractivity contribution is 0.459. The summed E-state index contributed by atoms with van der Waals surface area (Å²) < 4.78 is 11.0. The third kappa shape index (κ3) is 4.07. The number of benzene rings is 4. The Hall–Kier alpha value is -4.00. The van der Waals surface area contributed by atoms with Crippen molar-refractivity contribution in [3.05, 3.63) is 95.0 Å². The highest BCUT2D eigenvalue weighted by Crippen LogP contribution is 2.36. The third-order valence-electron chi connectivity index (χ3n) is 5.79. The Morgan fingerprint density at radius 3 is 1.54 bits per heavy atom. The van der Waals surface area contributed by atoms with E-state index in [2.05, 4.69) is 20.9 Å². The summed E-state index contributed by atoms with van der Waals surface area (Å²) >= 11 is 12.7. The summed E-state index contributed by atoms with van der Waals surface area (Å²) in [6.07, 6.45) is 0. The molecular formula is C27H18Cl2N4O2. The van der Waals surface area contributed by atoms with Crippen molar-refractivity contribution < 1.29 is 9.05 Å². The molecule has 0 amide bonds. The zero-order valence-corrected chi connectivity index (χ0v) is 19.8. The molecule has 35 heavy (non-hydrogen) atoms. The van der Waals surface area contributed by atoms with E-state index in [1.165, 1.54) is 0 Å². The van der Waals surface area contributed by atoms with E-state index < -0.39 is 0 Å². The van der Waals surface area contributed by atoms with E-state index in [1.54, 1.807) is 0 Å². The van der Waals surface area contributed by atoms with Gasteiger partial charge in [-0.3, -0.25) is 0 Å². The van der Waals surface area contributed by atoms with Gasteiger partial charge in [0.2, 0.25) is 0 Å². The van der Waals surface area contributed by atoms with E-state index in [0.717, 1.165) is 55.8 Å². The molecule has 0 unspecified atom stereocenters. The van der Waals surface area contributed by atoms with Crippen molar-refractivity contribution in [1.82, 2.24) is 10.3 Å². The van der Waals surface area contributed by atoms with Crippen molar-refractivity contribution in [2.24, 2.45) is 0 Å². The van der Waals surface area contributed by atoms with Gasteiger partial charge in [0, 0.05) is 43.3 Å². The number of aromatic nitrogens is 2. The van der Waals surface area contributed by atoms with Crippen LogP contribution in [0.3, 0.4) is 0 Å². The second kappa shape index (κ2) is 8.98. The summed E-state index contributed by atoms with van der Waals surface area (Å²) in [4.78, 5) is 0. The van der Waals surface area contributed by atoms with E-state index in [4.69, 9.17) is 32.2 Å². The monoisotopic (exact) mass is 500 g/mol. The van der Waals surface area contributed by atoms with Crippen LogP contribution in [0.15, 0.2) is 94.0 Å². The third-order valence-corrected chi connectivity index (χ3v) is 6.26. The topological polar surface area (TPSA) is 76.1 Å². The smallest absolute Gasteiger partial charge is 0.167 e. The molecule has 172 valence electrons. The maximum atomic E-state index is 6.33. The first-order chi connectivity index (χ1) is 17.2. The van der Waals surface area contributed by atoms with Crippen LogP contribution < -0.4 is 10.6 Å². The average molecular weight is 501 g/mol. The van der Waals surface area contributed by atoms with Gasteiger partial charge in [0.1, 0.15) is 11.4 Å². The molecule has 0 aliphatic carbocycles. The summed E-state index contributed by atoms with van der Waals surface area (Å²) in [5, 5.41) is 18.5. The number of fused-ring (bicyclic) bond motifs is 2. The van der Waals surface area contributed by atoms with Gasteiger partial charge in [-0.15, -0.1) is 0 Å². The first-order valence-corrected chi connectivity index (χ1v) is 11.7. The average Bonchev–Trinajstić information content (AvgIpc) is 3.50. The van der Waals surface area contributed by atoms with Crippen LogP contribution in [0.1, 0.15) is 0 Å². The summed E-state index contributed by atoms with van der Waals surface area (Å²) in [7, 11) is 0. The minimum atomic E-state index is 0.425. The predicted molar refractivity (Wildman–Crippen MR) is 141 cm³/mol. The van der Waals surface area contributed by atoms with Gasteiger partial charge >= 0.3 is 0 Å². The number of hydrogen-bond donors (Lipinski definition) is 2. The molecule has 0 atom stereocenters. The number of para-hydroxylation sites is 2. The Bertz CT molecular complexity index is 1550. The van der Waals surface area contributed by atoms with Gasteiger partial charge in [0.25, 0.3) is 0 Å². The van der Waals surface area contributed by atoms with Crippen molar-refractivity contribution in [1.29, 1.82) is 0 Å². The molecule has 0 aliphatic rings. The molecule has 0 radical (unpaired) electrons. The van der Waals surface area contributed by atoms with E-state index in [0.29, 0.717) is 16.7 Å². The van der Waals surface area contributed by atoms with Gasteiger partial charge in [0.05, 0.1) is 6.67 Å². The Morgan fingerprint density at radius 2 is 1.06 bits per heavy atom. The van der Waals surface area contributed by atoms with Crippen molar-refractivity contribution >= 4 is 56.5 Å². The minimum absolute atomic E-state index is 0.425. The molecule has 6 aromatic rings. The van der Waals surface area contributed by atoms with Crippen LogP contribution in [-0.4, -0.2) is 17.0 Å². The largest absolute Gasteiger partial charge is 0.367 e. The van der Waals surface area contributed by atoms with Crippen LogP contribution in [0.4, 0.5) is 11.4 Å². The number of nitrogens with zero attached hydrogens (tertiary/aromatic N) is 2. The fourth-order valence-electron chi connectivity index (χ4n) is 4.13. The van der Waals surface area contributed by atoms with Crippen LogP contribution in [-0.2, 0) is 0 Å². The molecule has 6 nitrogen and oxygen atoms in total. The van der Waals surface area contributed by atoms with Crippen molar-refractivity contribution in [2.45, 2.75) is 0 Å². The Balaban J connectivity index is 1.30. The molecule has 0 bridgehead atoms. The molecule has 6 rings (SSSR count). The Labute approximate surface area is 210 Å². The first kappa shape index (κ1) is 21.5. The van der Waals surface area contributed by atoms with Crippen LogP contribution >= 0.6 is 23.2 Å². The van der Waals surface area contributed by atoms with Gasteiger partial charge in [0.15, 0.2) is 11.2 Å². The zero-order valence-electron chi connectivity index (χ0n) is 18.3.